The summed E-state index contributed by atoms with van der Waals surface area (Å²) in [6, 6.07) is 15.9. The van der Waals surface area contributed by atoms with Gasteiger partial charge in [-0.25, -0.2) is 4.98 Å². The fraction of sp³-hybridized carbons (Fsp3) is 0.217. The molecule has 2 aromatic heterocycles. The van der Waals surface area contributed by atoms with Crippen molar-refractivity contribution in [1.29, 1.82) is 0 Å². The van der Waals surface area contributed by atoms with Gasteiger partial charge in [-0.15, -0.1) is 10.2 Å². The Morgan fingerprint density at radius 1 is 1.06 bits per heavy atom. The molecule has 32 heavy (non-hydrogen) atoms. The lowest BCUT2D eigenvalue weighted by Crippen LogP contribution is -2.14. The van der Waals surface area contributed by atoms with Gasteiger partial charge in [0.25, 0.3) is 0 Å². The number of aromatic nitrogens is 5. The van der Waals surface area contributed by atoms with Gasteiger partial charge in [-0.1, -0.05) is 47.8 Å². The minimum atomic E-state index is -0.0809. The van der Waals surface area contributed by atoms with E-state index in [1.807, 2.05) is 64.8 Å². The molecule has 0 aliphatic heterocycles. The number of nitrogens with one attached hydrogen (secondary N) is 1. The summed E-state index contributed by atoms with van der Waals surface area (Å²) in [5.74, 6) is 1.01. The Labute approximate surface area is 195 Å². The first-order chi connectivity index (χ1) is 15.5. The molecule has 0 spiro atoms. The van der Waals surface area contributed by atoms with Crippen molar-refractivity contribution in [3.8, 4) is 11.4 Å². The number of nitrogens with zero attached hydrogens (tertiary/aromatic N) is 5. The zero-order valence-electron chi connectivity index (χ0n) is 18.1. The number of amides is 1. The predicted octanol–water partition coefficient (Wildman–Crippen LogP) is 4.89. The summed E-state index contributed by atoms with van der Waals surface area (Å²) in [4.78, 5) is 17.9. The topological polar surface area (TPSA) is 77.6 Å². The van der Waals surface area contributed by atoms with Crippen LogP contribution in [0.1, 0.15) is 12.5 Å². The predicted molar refractivity (Wildman–Crippen MR) is 129 cm³/mol. The van der Waals surface area contributed by atoms with Crippen LogP contribution < -0.4 is 5.32 Å². The number of hydrogen-bond donors (Lipinski definition) is 1. The third-order valence-electron chi connectivity index (χ3n) is 4.88. The summed E-state index contributed by atoms with van der Waals surface area (Å²) in [5.41, 5.74) is 2.97. The van der Waals surface area contributed by atoms with Crippen molar-refractivity contribution < 1.29 is 4.79 Å². The van der Waals surface area contributed by atoms with Crippen molar-refractivity contribution in [3.05, 3.63) is 66.5 Å². The Morgan fingerprint density at radius 2 is 1.84 bits per heavy atom. The normalized spacial score (nSPS) is 11.0. The molecule has 0 fully saturated rings. The van der Waals surface area contributed by atoms with Gasteiger partial charge in [0.15, 0.2) is 16.1 Å². The molecular formula is C23H24N6OS2. The molecule has 4 aromatic rings. The lowest BCUT2D eigenvalue weighted by Gasteiger charge is -2.09. The monoisotopic (exact) mass is 464 g/mol. The molecule has 0 saturated carbocycles. The highest BCUT2D eigenvalue weighted by Crippen LogP contribution is 2.28. The minimum absolute atomic E-state index is 0.0809. The second-order valence-corrected chi connectivity index (χ2v) is 9.13. The molecule has 7 nitrogen and oxygen atoms in total. The van der Waals surface area contributed by atoms with E-state index in [0.717, 1.165) is 44.4 Å². The van der Waals surface area contributed by atoms with Crippen molar-refractivity contribution >= 4 is 35.1 Å². The Bertz CT molecular complexity index is 1220. The van der Waals surface area contributed by atoms with Crippen molar-refractivity contribution in [3.63, 3.8) is 0 Å². The van der Waals surface area contributed by atoms with Crippen LogP contribution in [0.5, 0.6) is 0 Å². The number of imidazole rings is 1. The van der Waals surface area contributed by atoms with Crippen molar-refractivity contribution in [1.82, 2.24) is 24.3 Å². The Hall–Kier alpha value is -3.04. The van der Waals surface area contributed by atoms with Crippen molar-refractivity contribution in [2.75, 3.05) is 11.1 Å². The number of anilines is 1. The molecule has 0 unspecified atom stereocenters. The van der Waals surface area contributed by atoms with E-state index in [9.17, 15) is 4.79 Å². The zero-order valence-corrected chi connectivity index (χ0v) is 19.8. The van der Waals surface area contributed by atoms with Crippen LogP contribution in [0.15, 0.2) is 76.1 Å². The maximum atomic E-state index is 12.5. The largest absolute Gasteiger partial charge is 0.329 e. The van der Waals surface area contributed by atoms with E-state index in [2.05, 4.69) is 40.4 Å². The second-order valence-electron chi connectivity index (χ2n) is 7.15. The lowest BCUT2D eigenvalue weighted by atomic mass is 10.1. The number of aryl methyl sites for hydroxylation is 2. The van der Waals surface area contributed by atoms with E-state index in [4.69, 9.17) is 0 Å². The van der Waals surface area contributed by atoms with Crippen LogP contribution in [0.25, 0.3) is 11.4 Å². The van der Waals surface area contributed by atoms with E-state index in [0.29, 0.717) is 0 Å². The van der Waals surface area contributed by atoms with E-state index < -0.39 is 0 Å². The van der Waals surface area contributed by atoms with Gasteiger partial charge in [0.2, 0.25) is 5.91 Å². The highest BCUT2D eigenvalue weighted by molar-refractivity contribution is 7.99. The van der Waals surface area contributed by atoms with Crippen LogP contribution >= 0.6 is 23.5 Å². The van der Waals surface area contributed by atoms with E-state index >= 15 is 0 Å². The Balaban J connectivity index is 1.36. The molecule has 0 radical (unpaired) electrons. The third-order valence-corrected chi connectivity index (χ3v) is 6.93. The molecule has 1 amide bonds. The van der Waals surface area contributed by atoms with E-state index in [1.165, 1.54) is 11.8 Å². The molecule has 0 aliphatic carbocycles. The standard InChI is InChI=1S/C23H24N6OS2/c1-4-29-21(19-8-6-5-7-16(19)2)26-27-23(29)31-15-20(30)25-17-9-11-18(12-10-17)32-22-24-13-14-28(22)3/h5-14H,4,15H2,1-3H3,(H,25,30). The Morgan fingerprint density at radius 3 is 2.53 bits per heavy atom. The van der Waals surface area contributed by atoms with Crippen LogP contribution in [0.2, 0.25) is 0 Å². The molecule has 1 N–H and O–H groups in total. The lowest BCUT2D eigenvalue weighted by molar-refractivity contribution is -0.113. The fourth-order valence-electron chi connectivity index (χ4n) is 3.19. The van der Waals surface area contributed by atoms with Crippen molar-refractivity contribution in [2.45, 2.75) is 35.6 Å². The van der Waals surface area contributed by atoms with Gasteiger partial charge in [0.05, 0.1) is 5.75 Å². The van der Waals surface area contributed by atoms with Gasteiger partial charge in [-0.3, -0.25) is 4.79 Å². The first-order valence-corrected chi connectivity index (χ1v) is 12.0. The third kappa shape index (κ3) is 5.05. The molecular weight excluding hydrogens is 440 g/mol. The SMILES string of the molecule is CCn1c(SCC(=O)Nc2ccc(Sc3nccn3C)cc2)nnc1-c1ccccc1C. The number of carbonyl (C=O) groups excluding carboxylic acids is 1. The maximum Gasteiger partial charge on any atom is 0.234 e. The fourth-order valence-corrected chi connectivity index (χ4v) is 4.80. The number of thioether (sulfide) groups is 1. The summed E-state index contributed by atoms with van der Waals surface area (Å²) in [5, 5.41) is 13.3. The van der Waals surface area contributed by atoms with Crippen LogP contribution in [0.3, 0.4) is 0 Å². The molecule has 2 aromatic carbocycles. The summed E-state index contributed by atoms with van der Waals surface area (Å²) < 4.78 is 4.01. The number of carbonyl (C=O) groups is 1. The summed E-state index contributed by atoms with van der Waals surface area (Å²) in [7, 11) is 1.96. The summed E-state index contributed by atoms with van der Waals surface area (Å²) in [6.45, 7) is 4.85. The van der Waals surface area contributed by atoms with Gasteiger partial charge in [-0.2, -0.15) is 0 Å². The second kappa shape index (κ2) is 10.1. The zero-order chi connectivity index (χ0) is 22.5. The van der Waals surface area contributed by atoms with Gasteiger partial charge < -0.3 is 14.5 Å². The van der Waals surface area contributed by atoms with Gasteiger partial charge in [-0.05, 0) is 43.7 Å². The molecule has 0 aliphatic rings. The van der Waals surface area contributed by atoms with Gasteiger partial charge >= 0.3 is 0 Å². The number of rotatable bonds is 8. The first-order valence-electron chi connectivity index (χ1n) is 10.2. The molecule has 9 heteroatoms. The number of benzene rings is 2. The van der Waals surface area contributed by atoms with Crippen LogP contribution in [0, 0.1) is 6.92 Å². The average Bonchev–Trinajstić information content (AvgIpc) is 3.39. The van der Waals surface area contributed by atoms with E-state index in [-0.39, 0.29) is 11.7 Å². The Kier molecular flexibility index (Phi) is 6.96. The summed E-state index contributed by atoms with van der Waals surface area (Å²) in [6.07, 6.45) is 3.69. The quantitative estimate of drug-likeness (QED) is 0.374. The van der Waals surface area contributed by atoms with Gasteiger partial charge in [0, 0.05) is 42.1 Å². The molecule has 0 saturated heterocycles. The number of hydrogen-bond acceptors (Lipinski definition) is 6. The summed E-state index contributed by atoms with van der Waals surface area (Å²) >= 11 is 2.97. The highest BCUT2D eigenvalue weighted by Gasteiger charge is 2.16. The molecule has 164 valence electrons. The van der Waals surface area contributed by atoms with Gasteiger partial charge in [0.1, 0.15) is 0 Å². The smallest absolute Gasteiger partial charge is 0.234 e. The van der Waals surface area contributed by atoms with E-state index in [1.54, 1.807) is 18.0 Å². The van der Waals surface area contributed by atoms with Crippen LogP contribution in [-0.2, 0) is 18.4 Å². The van der Waals surface area contributed by atoms with Crippen LogP contribution in [0.4, 0.5) is 5.69 Å². The highest BCUT2D eigenvalue weighted by atomic mass is 32.2. The molecule has 4 rings (SSSR count). The maximum absolute atomic E-state index is 12.5. The van der Waals surface area contributed by atoms with Crippen molar-refractivity contribution in [2.24, 2.45) is 7.05 Å². The molecule has 2 heterocycles. The molecule has 0 atom stereocenters. The molecule has 0 bridgehead atoms. The first kappa shape index (κ1) is 22.2. The van der Waals surface area contributed by atoms with Crippen LogP contribution in [-0.4, -0.2) is 36.0 Å². The minimum Gasteiger partial charge on any atom is -0.329 e. The average molecular weight is 465 g/mol.